The zero-order chi connectivity index (χ0) is 15.9. The molecule has 0 bridgehead atoms. The summed E-state index contributed by atoms with van der Waals surface area (Å²) in [5.41, 5.74) is 2.18. The molecule has 7 heteroatoms. The first-order valence-corrected chi connectivity index (χ1v) is 8.70. The maximum absolute atomic E-state index is 11.9. The number of aromatic nitrogens is 2. The molecule has 5 nitrogen and oxygen atoms in total. The highest BCUT2D eigenvalue weighted by Gasteiger charge is 2.14. The van der Waals surface area contributed by atoms with Gasteiger partial charge in [0.1, 0.15) is 0 Å². The molecule has 1 aromatic heterocycles. The van der Waals surface area contributed by atoms with Crippen molar-refractivity contribution in [2.24, 2.45) is 5.92 Å². The monoisotopic (exact) mass is 386 g/mol. The SMILES string of the molecule is Cl.Cl.O=C(CCC1CCNCC1)NCCCn1cnc2ccccc21. The second kappa shape index (κ2) is 11.3. The second-order valence-electron chi connectivity index (χ2n) is 6.36. The Balaban J connectivity index is 0.00000156. The Bertz CT molecular complexity index is 641. The van der Waals surface area contributed by atoms with E-state index in [9.17, 15) is 4.79 Å². The Labute approximate surface area is 161 Å². The number of benzene rings is 1. The Morgan fingerprint density at radius 1 is 1.24 bits per heavy atom. The van der Waals surface area contributed by atoms with Crippen LogP contribution in [0, 0.1) is 5.92 Å². The zero-order valence-corrected chi connectivity index (χ0v) is 16.1. The van der Waals surface area contributed by atoms with Crippen molar-refractivity contribution in [1.29, 1.82) is 0 Å². The Kier molecular flexibility index (Phi) is 9.86. The van der Waals surface area contributed by atoms with Crippen LogP contribution in [0.4, 0.5) is 0 Å². The van der Waals surface area contributed by atoms with Crippen molar-refractivity contribution >= 4 is 41.8 Å². The second-order valence-corrected chi connectivity index (χ2v) is 6.36. The summed E-state index contributed by atoms with van der Waals surface area (Å²) in [7, 11) is 0. The molecule has 1 amide bonds. The van der Waals surface area contributed by atoms with E-state index in [1.807, 2.05) is 24.5 Å². The molecule has 0 unspecified atom stereocenters. The van der Waals surface area contributed by atoms with Crippen LogP contribution in [0.15, 0.2) is 30.6 Å². The molecule has 0 saturated carbocycles. The van der Waals surface area contributed by atoms with Crippen molar-refractivity contribution in [3.8, 4) is 0 Å². The molecule has 1 aliphatic heterocycles. The maximum Gasteiger partial charge on any atom is 0.220 e. The van der Waals surface area contributed by atoms with Crippen LogP contribution in [0.5, 0.6) is 0 Å². The van der Waals surface area contributed by atoms with E-state index < -0.39 is 0 Å². The molecular formula is C18H28Cl2N4O. The number of hydrogen-bond donors (Lipinski definition) is 2. The Morgan fingerprint density at radius 2 is 2.00 bits per heavy atom. The molecule has 0 radical (unpaired) electrons. The van der Waals surface area contributed by atoms with Crippen LogP contribution in [0.1, 0.15) is 32.1 Å². The number of piperidine rings is 1. The van der Waals surface area contributed by atoms with Crippen molar-refractivity contribution in [2.45, 2.75) is 38.6 Å². The number of nitrogens with one attached hydrogen (secondary N) is 2. The summed E-state index contributed by atoms with van der Waals surface area (Å²) in [5, 5.41) is 6.41. The molecule has 2 aromatic rings. The van der Waals surface area contributed by atoms with Gasteiger partial charge in [0.25, 0.3) is 0 Å². The molecule has 25 heavy (non-hydrogen) atoms. The fourth-order valence-electron chi connectivity index (χ4n) is 3.26. The van der Waals surface area contributed by atoms with E-state index in [0.29, 0.717) is 6.42 Å². The fraction of sp³-hybridized carbons (Fsp3) is 0.556. The molecule has 2 N–H and O–H groups in total. The molecule has 0 spiro atoms. The van der Waals surface area contributed by atoms with Gasteiger partial charge in [0.2, 0.25) is 5.91 Å². The van der Waals surface area contributed by atoms with E-state index >= 15 is 0 Å². The Hall–Kier alpha value is -1.30. The third-order valence-corrected chi connectivity index (χ3v) is 4.66. The van der Waals surface area contributed by atoms with E-state index in [0.717, 1.165) is 56.0 Å². The normalized spacial score (nSPS) is 14.6. The van der Waals surface area contributed by atoms with E-state index in [2.05, 4.69) is 26.3 Å². The predicted molar refractivity (Wildman–Crippen MR) is 107 cm³/mol. The molecule has 1 aromatic carbocycles. The molecular weight excluding hydrogens is 359 g/mol. The lowest BCUT2D eigenvalue weighted by Gasteiger charge is -2.22. The number of imidazole rings is 1. The Morgan fingerprint density at radius 3 is 2.80 bits per heavy atom. The quantitative estimate of drug-likeness (QED) is 0.718. The average molecular weight is 387 g/mol. The zero-order valence-electron chi connectivity index (χ0n) is 14.4. The van der Waals surface area contributed by atoms with Gasteiger partial charge in [0, 0.05) is 19.5 Å². The first kappa shape index (κ1) is 21.7. The number of hydrogen-bond acceptors (Lipinski definition) is 3. The largest absolute Gasteiger partial charge is 0.356 e. The average Bonchev–Trinajstić information content (AvgIpc) is 3.01. The minimum Gasteiger partial charge on any atom is -0.356 e. The minimum absolute atomic E-state index is 0. The number of fused-ring (bicyclic) bond motifs is 1. The van der Waals surface area contributed by atoms with Crippen molar-refractivity contribution < 1.29 is 4.79 Å². The van der Waals surface area contributed by atoms with Crippen LogP contribution in [0.2, 0.25) is 0 Å². The summed E-state index contributed by atoms with van der Waals surface area (Å²) in [6, 6.07) is 8.14. The van der Waals surface area contributed by atoms with E-state index in [1.54, 1.807) is 0 Å². The fourth-order valence-corrected chi connectivity index (χ4v) is 3.26. The van der Waals surface area contributed by atoms with Crippen LogP contribution in [-0.4, -0.2) is 35.1 Å². The van der Waals surface area contributed by atoms with Gasteiger partial charge in [-0.3, -0.25) is 4.79 Å². The van der Waals surface area contributed by atoms with Gasteiger partial charge in [0.15, 0.2) is 0 Å². The number of carbonyl (C=O) groups excluding carboxylic acids is 1. The summed E-state index contributed by atoms with van der Waals surface area (Å²) in [6.45, 7) is 3.82. The van der Waals surface area contributed by atoms with Gasteiger partial charge in [-0.1, -0.05) is 12.1 Å². The first-order valence-electron chi connectivity index (χ1n) is 8.70. The van der Waals surface area contributed by atoms with Gasteiger partial charge in [0.05, 0.1) is 17.4 Å². The highest BCUT2D eigenvalue weighted by Crippen LogP contribution is 2.17. The topological polar surface area (TPSA) is 59.0 Å². The number of aryl methyl sites for hydroxylation is 1. The number of carbonyl (C=O) groups is 1. The van der Waals surface area contributed by atoms with Crippen molar-refractivity contribution in [3.05, 3.63) is 30.6 Å². The third-order valence-electron chi connectivity index (χ3n) is 4.66. The molecule has 3 rings (SSSR count). The predicted octanol–water partition coefficient (Wildman–Crippen LogP) is 3.17. The van der Waals surface area contributed by atoms with E-state index in [4.69, 9.17) is 0 Å². The van der Waals surface area contributed by atoms with Crippen LogP contribution in [-0.2, 0) is 11.3 Å². The lowest BCUT2D eigenvalue weighted by Crippen LogP contribution is -2.29. The minimum atomic E-state index is 0. The molecule has 0 aliphatic carbocycles. The van der Waals surface area contributed by atoms with Gasteiger partial charge < -0.3 is 15.2 Å². The number of nitrogens with zero attached hydrogens (tertiary/aromatic N) is 2. The lowest BCUT2D eigenvalue weighted by molar-refractivity contribution is -0.121. The van der Waals surface area contributed by atoms with Crippen LogP contribution in [0.3, 0.4) is 0 Å². The van der Waals surface area contributed by atoms with Crippen molar-refractivity contribution in [2.75, 3.05) is 19.6 Å². The highest BCUT2D eigenvalue weighted by molar-refractivity contribution is 5.85. The van der Waals surface area contributed by atoms with Gasteiger partial charge in [-0.25, -0.2) is 4.98 Å². The summed E-state index contributed by atoms with van der Waals surface area (Å²) in [6.07, 6.45) is 6.92. The molecule has 1 saturated heterocycles. The van der Waals surface area contributed by atoms with E-state index in [-0.39, 0.29) is 30.7 Å². The molecule has 1 fully saturated rings. The highest BCUT2D eigenvalue weighted by atomic mass is 35.5. The third kappa shape index (κ3) is 6.49. The van der Waals surface area contributed by atoms with E-state index in [1.165, 1.54) is 12.8 Å². The van der Waals surface area contributed by atoms with Crippen LogP contribution < -0.4 is 10.6 Å². The standard InChI is InChI=1S/C18H26N4O.2ClH/c23-18(7-6-15-8-11-19-12-9-15)20-10-3-13-22-14-21-16-4-1-2-5-17(16)22;;/h1-2,4-5,14-15,19H,3,6-13H2,(H,20,23);2*1H. The lowest BCUT2D eigenvalue weighted by atomic mass is 9.93. The number of para-hydroxylation sites is 2. The number of amides is 1. The van der Waals surface area contributed by atoms with Gasteiger partial charge in [-0.2, -0.15) is 0 Å². The molecule has 140 valence electrons. The van der Waals surface area contributed by atoms with Gasteiger partial charge in [-0.05, 0) is 56.8 Å². The van der Waals surface area contributed by atoms with Gasteiger partial charge >= 0.3 is 0 Å². The number of rotatable bonds is 7. The van der Waals surface area contributed by atoms with Crippen LogP contribution >= 0.6 is 24.8 Å². The summed E-state index contributed by atoms with van der Waals surface area (Å²) in [5.74, 6) is 0.915. The summed E-state index contributed by atoms with van der Waals surface area (Å²) >= 11 is 0. The first-order chi connectivity index (χ1) is 11.3. The smallest absolute Gasteiger partial charge is 0.220 e. The molecule has 2 heterocycles. The molecule has 1 aliphatic rings. The van der Waals surface area contributed by atoms with Crippen molar-refractivity contribution in [3.63, 3.8) is 0 Å². The maximum atomic E-state index is 11.9. The summed E-state index contributed by atoms with van der Waals surface area (Å²) < 4.78 is 2.15. The molecule has 0 atom stereocenters. The van der Waals surface area contributed by atoms with Crippen LogP contribution in [0.25, 0.3) is 11.0 Å². The number of halogens is 2. The van der Waals surface area contributed by atoms with Gasteiger partial charge in [-0.15, -0.1) is 24.8 Å². The van der Waals surface area contributed by atoms with Crippen molar-refractivity contribution in [1.82, 2.24) is 20.2 Å². The summed E-state index contributed by atoms with van der Waals surface area (Å²) in [4.78, 5) is 16.3.